The number of methoxy groups -OCH3 is 4. The maximum Gasteiger partial charge on any atom is 0.272 e. The quantitative estimate of drug-likeness (QED) is 0.153. The molecule has 0 spiro atoms. The van der Waals surface area contributed by atoms with Crippen molar-refractivity contribution in [3.63, 3.8) is 0 Å². The molecule has 0 aromatic heterocycles. The van der Waals surface area contributed by atoms with E-state index in [1.165, 1.54) is 33.5 Å². The molecule has 0 aliphatic rings. The molecule has 4 aromatic rings. The van der Waals surface area contributed by atoms with Crippen molar-refractivity contribution in [3.05, 3.63) is 125 Å². The minimum absolute atomic E-state index is 0.0271. The molecular weight excluding hydrogens is 560 g/mol. The Morgan fingerprint density at radius 2 is 1.39 bits per heavy atom. The van der Waals surface area contributed by atoms with E-state index < -0.39 is 11.8 Å². The summed E-state index contributed by atoms with van der Waals surface area (Å²) in [6.45, 7) is 0. The Morgan fingerprint density at radius 1 is 0.659 bits per heavy atom. The molecule has 9 heteroatoms. The first-order valence-electron chi connectivity index (χ1n) is 13.5. The van der Waals surface area contributed by atoms with Gasteiger partial charge in [0.15, 0.2) is 17.3 Å². The van der Waals surface area contributed by atoms with Gasteiger partial charge in [0.25, 0.3) is 11.8 Å². The van der Waals surface area contributed by atoms with Gasteiger partial charge in [-0.2, -0.15) is 0 Å². The molecule has 9 nitrogen and oxygen atoms in total. The molecule has 0 heterocycles. The second kappa shape index (κ2) is 14.9. The van der Waals surface area contributed by atoms with Crippen LogP contribution in [0.3, 0.4) is 0 Å². The molecule has 0 bridgehead atoms. The van der Waals surface area contributed by atoms with Gasteiger partial charge in [0.1, 0.15) is 17.2 Å². The van der Waals surface area contributed by atoms with Crippen LogP contribution in [0.2, 0.25) is 0 Å². The molecule has 4 aromatic carbocycles. The van der Waals surface area contributed by atoms with Crippen LogP contribution in [0.4, 0.5) is 5.69 Å². The SMILES string of the molecule is COc1ccc(OC)c(/C=C(\NC(=O)c2ccccc2)C(=O)Nc2ccc(C(=O)/C=C/c3cccc(OC)c3OC)cc2)c1. The van der Waals surface area contributed by atoms with Crippen LogP contribution in [-0.4, -0.2) is 46.0 Å². The van der Waals surface area contributed by atoms with E-state index in [0.717, 1.165) is 0 Å². The van der Waals surface area contributed by atoms with Crippen molar-refractivity contribution < 1.29 is 33.3 Å². The van der Waals surface area contributed by atoms with Gasteiger partial charge >= 0.3 is 0 Å². The number of amides is 2. The van der Waals surface area contributed by atoms with Crippen molar-refractivity contribution in [3.8, 4) is 23.0 Å². The van der Waals surface area contributed by atoms with E-state index in [9.17, 15) is 14.4 Å². The molecule has 0 saturated heterocycles. The standard InChI is InChI=1S/C35H32N2O7/c1-41-28-18-20-31(42-2)26(21-28)22-29(37-34(39)25-9-6-5-7-10-25)35(40)36-27-16-13-23(14-17-27)30(38)19-15-24-11-8-12-32(43-3)33(24)44-4/h5-22H,1-4H3,(H,36,40)(H,37,39)/b19-15+,29-22-. The number of ketones is 1. The Labute approximate surface area is 255 Å². The fourth-order valence-electron chi connectivity index (χ4n) is 4.27. The Bertz CT molecular complexity index is 1690. The lowest BCUT2D eigenvalue weighted by Crippen LogP contribution is -2.30. The van der Waals surface area contributed by atoms with E-state index in [-0.39, 0.29) is 11.5 Å². The van der Waals surface area contributed by atoms with Gasteiger partial charge in [-0.3, -0.25) is 14.4 Å². The van der Waals surface area contributed by atoms with Crippen molar-refractivity contribution in [1.82, 2.24) is 5.32 Å². The van der Waals surface area contributed by atoms with Crippen LogP contribution in [0.1, 0.15) is 31.8 Å². The molecule has 2 amide bonds. The van der Waals surface area contributed by atoms with Crippen molar-refractivity contribution in [1.29, 1.82) is 0 Å². The van der Waals surface area contributed by atoms with E-state index in [0.29, 0.717) is 50.9 Å². The van der Waals surface area contributed by atoms with Gasteiger partial charge in [0.2, 0.25) is 0 Å². The number of benzene rings is 4. The number of nitrogens with one attached hydrogen (secondary N) is 2. The molecule has 0 unspecified atom stereocenters. The smallest absolute Gasteiger partial charge is 0.272 e. The number of hydrogen-bond acceptors (Lipinski definition) is 7. The lowest BCUT2D eigenvalue weighted by Gasteiger charge is -2.13. The first-order chi connectivity index (χ1) is 21.4. The molecule has 0 saturated carbocycles. The van der Waals surface area contributed by atoms with Crippen LogP contribution in [0.5, 0.6) is 23.0 Å². The lowest BCUT2D eigenvalue weighted by atomic mass is 10.1. The normalized spacial score (nSPS) is 11.0. The average Bonchev–Trinajstić information content (AvgIpc) is 3.07. The lowest BCUT2D eigenvalue weighted by molar-refractivity contribution is -0.113. The van der Waals surface area contributed by atoms with Gasteiger partial charge in [0, 0.05) is 27.9 Å². The van der Waals surface area contributed by atoms with E-state index in [1.807, 2.05) is 6.07 Å². The Hall–Kier alpha value is -5.83. The van der Waals surface area contributed by atoms with E-state index in [4.69, 9.17) is 18.9 Å². The first kappa shape index (κ1) is 31.1. The summed E-state index contributed by atoms with van der Waals surface area (Å²) in [6.07, 6.45) is 4.60. The zero-order valence-electron chi connectivity index (χ0n) is 24.8. The second-order valence-electron chi connectivity index (χ2n) is 9.30. The number of anilines is 1. The van der Waals surface area contributed by atoms with Crippen LogP contribution >= 0.6 is 0 Å². The first-order valence-corrected chi connectivity index (χ1v) is 13.5. The van der Waals surface area contributed by atoms with Gasteiger partial charge in [-0.1, -0.05) is 30.3 Å². The van der Waals surface area contributed by atoms with Crippen LogP contribution in [0.15, 0.2) is 103 Å². The number of hydrogen-bond donors (Lipinski definition) is 2. The Balaban J connectivity index is 1.55. The van der Waals surface area contributed by atoms with Crippen molar-refractivity contribution in [2.45, 2.75) is 0 Å². The molecule has 44 heavy (non-hydrogen) atoms. The number of carbonyl (C=O) groups is 3. The zero-order valence-corrected chi connectivity index (χ0v) is 24.8. The number of para-hydroxylation sites is 1. The molecule has 224 valence electrons. The van der Waals surface area contributed by atoms with E-state index in [2.05, 4.69) is 10.6 Å². The summed E-state index contributed by atoms with van der Waals surface area (Å²) >= 11 is 0. The van der Waals surface area contributed by atoms with Crippen LogP contribution in [-0.2, 0) is 4.79 Å². The summed E-state index contributed by atoms with van der Waals surface area (Å²) in [5, 5.41) is 5.48. The topological polar surface area (TPSA) is 112 Å². The average molecular weight is 593 g/mol. The summed E-state index contributed by atoms with van der Waals surface area (Å²) in [5.41, 5.74) is 2.39. The van der Waals surface area contributed by atoms with Crippen molar-refractivity contribution >= 4 is 35.4 Å². The van der Waals surface area contributed by atoms with E-state index >= 15 is 0 Å². The largest absolute Gasteiger partial charge is 0.497 e. The summed E-state index contributed by atoms with van der Waals surface area (Å²) in [5.74, 6) is 0.816. The molecular formula is C35H32N2O7. The van der Waals surface area contributed by atoms with Crippen LogP contribution in [0, 0.1) is 0 Å². The predicted molar refractivity (Wildman–Crippen MR) is 169 cm³/mol. The second-order valence-corrected chi connectivity index (χ2v) is 9.30. The Morgan fingerprint density at radius 3 is 2.05 bits per heavy atom. The maximum atomic E-state index is 13.5. The van der Waals surface area contributed by atoms with Gasteiger partial charge in [-0.25, -0.2) is 0 Å². The Kier molecular flexibility index (Phi) is 10.5. The number of allylic oxidation sites excluding steroid dienone is 1. The monoisotopic (exact) mass is 592 g/mol. The molecule has 4 rings (SSSR count). The third-order valence-corrected chi connectivity index (χ3v) is 6.54. The maximum absolute atomic E-state index is 13.5. The van der Waals surface area contributed by atoms with E-state index in [1.54, 1.807) is 98.1 Å². The minimum atomic E-state index is -0.580. The zero-order chi connectivity index (χ0) is 31.5. The highest BCUT2D eigenvalue weighted by molar-refractivity contribution is 6.11. The van der Waals surface area contributed by atoms with Crippen molar-refractivity contribution in [2.75, 3.05) is 33.8 Å². The number of ether oxygens (including phenoxy) is 4. The third kappa shape index (κ3) is 7.71. The highest BCUT2D eigenvalue weighted by Crippen LogP contribution is 2.31. The highest BCUT2D eigenvalue weighted by Gasteiger charge is 2.17. The fraction of sp³-hybridized carbons (Fsp3) is 0.114. The molecule has 0 fully saturated rings. The molecule has 0 aliphatic carbocycles. The van der Waals surface area contributed by atoms with Crippen molar-refractivity contribution in [2.24, 2.45) is 0 Å². The van der Waals surface area contributed by atoms with Gasteiger partial charge < -0.3 is 29.6 Å². The van der Waals surface area contributed by atoms with Crippen LogP contribution < -0.4 is 29.6 Å². The number of carbonyl (C=O) groups excluding carboxylic acids is 3. The molecule has 0 aliphatic heterocycles. The summed E-state index contributed by atoms with van der Waals surface area (Å²) in [6, 6.07) is 25.5. The van der Waals surface area contributed by atoms with Crippen LogP contribution in [0.25, 0.3) is 12.2 Å². The summed E-state index contributed by atoms with van der Waals surface area (Å²) in [4.78, 5) is 39.3. The van der Waals surface area contributed by atoms with Gasteiger partial charge in [-0.05, 0) is 78.9 Å². The molecule has 0 atom stereocenters. The highest BCUT2D eigenvalue weighted by atomic mass is 16.5. The molecule has 0 radical (unpaired) electrons. The number of rotatable bonds is 12. The van der Waals surface area contributed by atoms with Gasteiger partial charge in [0.05, 0.1) is 28.4 Å². The minimum Gasteiger partial charge on any atom is -0.497 e. The fourth-order valence-corrected chi connectivity index (χ4v) is 4.27. The third-order valence-electron chi connectivity index (χ3n) is 6.54. The summed E-state index contributed by atoms with van der Waals surface area (Å²) < 4.78 is 21.5. The molecule has 2 N–H and O–H groups in total. The predicted octanol–water partition coefficient (Wildman–Crippen LogP) is 6.03. The summed E-state index contributed by atoms with van der Waals surface area (Å²) in [7, 11) is 6.11. The van der Waals surface area contributed by atoms with Gasteiger partial charge in [-0.15, -0.1) is 0 Å².